The number of aryl methyl sites for hydroxylation is 1. The topological polar surface area (TPSA) is 96.4 Å². The Kier molecular flexibility index (Phi) is 14.6. The predicted octanol–water partition coefficient (Wildman–Crippen LogP) is 10.5. The number of pyridine rings is 1. The lowest BCUT2D eigenvalue weighted by atomic mass is 9.90. The lowest BCUT2D eigenvalue weighted by molar-refractivity contribution is -0.134. The van der Waals surface area contributed by atoms with Gasteiger partial charge in [0, 0.05) is 28.6 Å². The first-order valence-electron chi connectivity index (χ1n) is 17.2. The molecule has 48 heavy (non-hydrogen) atoms. The molecule has 2 saturated carbocycles. The molecule has 5 nitrogen and oxygen atoms in total. The van der Waals surface area contributed by atoms with Gasteiger partial charge in [0.2, 0.25) is 0 Å². The number of hydrogen-bond donors (Lipinski definition) is 3. The summed E-state index contributed by atoms with van der Waals surface area (Å²) >= 11 is 8.26. The molecule has 4 aromatic rings. The van der Waals surface area contributed by atoms with E-state index in [4.69, 9.17) is 32.2 Å². The Morgan fingerprint density at radius 3 is 2.35 bits per heavy atom. The monoisotopic (exact) mass is 686 g/mol. The summed E-state index contributed by atoms with van der Waals surface area (Å²) < 4.78 is 0. The lowest BCUT2D eigenvalue weighted by Crippen LogP contribution is -2.22. The van der Waals surface area contributed by atoms with E-state index in [0.29, 0.717) is 16.3 Å². The van der Waals surface area contributed by atoms with Gasteiger partial charge in [0.25, 0.3) is 5.97 Å². The van der Waals surface area contributed by atoms with Gasteiger partial charge in [-0.1, -0.05) is 97.6 Å². The van der Waals surface area contributed by atoms with Crippen LogP contribution in [0.3, 0.4) is 0 Å². The first kappa shape index (κ1) is 37.7. The van der Waals surface area contributed by atoms with Crippen molar-refractivity contribution >= 4 is 52.4 Å². The van der Waals surface area contributed by atoms with Gasteiger partial charge in [-0.05, 0) is 111 Å². The van der Waals surface area contributed by atoms with Crippen LogP contribution in [0.25, 0.3) is 23.1 Å². The molecule has 1 atom stereocenters. The number of carboxylic acid groups (broad SMARTS) is 1. The Balaban J connectivity index is 0.000000405. The Morgan fingerprint density at radius 1 is 0.979 bits per heavy atom. The van der Waals surface area contributed by atoms with Gasteiger partial charge in [-0.2, -0.15) is 11.8 Å². The van der Waals surface area contributed by atoms with Crippen LogP contribution in [0.2, 0.25) is 5.02 Å². The van der Waals surface area contributed by atoms with Crippen molar-refractivity contribution < 1.29 is 15.0 Å². The van der Waals surface area contributed by atoms with Crippen LogP contribution < -0.4 is 5.73 Å². The van der Waals surface area contributed by atoms with Gasteiger partial charge < -0.3 is 15.9 Å². The number of nitrogens with two attached hydrogens (primary N) is 1. The van der Waals surface area contributed by atoms with E-state index < -0.39 is 11.6 Å². The smallest absolute Gasteiger partial charge is 0.300 e. The van der Waals surface area contributed by atoms with E-state index in [-0.39, 0.29) is 0 Å². The maximum atomic E-state index is 10.7. The normalized spacial score (nSPS) is 15.7. The maximum absolute atomic E-state index is 10.7. The van der Waals surface area contributed by atoms with Crippen LogP contribution in [0.15, 0.2) is 78.9 Å². The number of hydrogen-bond acceptors (Lipinski definition) is 5. The second-order valence-electron chi connectivity index (χ2n) is 13.5. The molecular weight excluding hydrogens is 636 g/mol. The number of halogens is 1. The molecule has 3 aromatic carbocycles. The van der Waals surface area contributed by atoms with Gasteiger partial charge >= 0.3 is 0 Å². The van der Waals surface area contributed by atoms with Gasteiger partial charge in [-0.15, -0.1) is 0 Å². The molecule has 0 amide bonds. The fourth-order valence-electron chi connectivity index (χ4n) is 5.88. The van der Waals surface area contributed by atoms with Crippen LogP contribution in [0.1, 0.15) is 105 Å². The van der Waals surface area contributed by atoms with E-state index in [1.165, 1.54) is 67.4 Å². The molecule has 2 aliphatic rings. The second-order valence-corrected chi connectivity index (χ2v) is 15.2. The number of aliphatic hydroxyl groups is 1. The van der Waals surface area contributed by atoms with Crippen LogP contribution in [-0.4, -0.2) is 33.0 Å². The van der Waals surface area contributed by atoms with Crippen molar-refractivity contribution in [1.82, 2.24) is 4.98 Å². The molecule has 1 aromatic heterocycles. The number of fused-ring (bicyclic) bond motifs is 1. The molecule has 0 radical (unpaired) electrons. The van der Waals surface area contributed by atoms with Gasteiger partial charge in [0.1, 0.15) is 0 Å². The zero-order valence-electron chi connectivity index (χ0n) is 28.6. The highest BCUT2D eigenvalue weighted by molar-refractivity contribution is 7.99. The second kappa shape index (κ2) is 18.6. The van der Waals surface area contributed by atoms with E-state index in [0.717, 1.165) is 47.8 Å². The third-order valence-corrected chi connectivity index (χ3v) is 10.4. The lowest BCUT2D eigenvalue weighted by Gasteiger charge is -2.23. The van der Waals surface area contributed by atoms with E-state index in [1.807, 2.05) is 44.2 Å². The van der Waals surface area contributed by atoms with Gasteiger partial charge in [-0.3, -0.25) is 4.79 Å². The number of nitrogens with zero attached hydrogens (tertiary/aromatic N) is 1. The zero-order valence-corrected chi connectivity index (χ0v) is 30.1. The fourth-order valence-corrected chi connectivity index (χ4v) is 7.51. The maximum Gasteiger partial charge on any atom is 0.300 e. The molecule has 7 heteroatoms. The number of aromatic nitrogens is 1. The van der Waals surface area contributed by atoms with Crippen LogP contribution in [0, 0.1) is 5.92 Å². The van der Waals surface area contributed by atoms with Gasteiger partial charge in [-0.25, -0.2) is 4.98 Å². The minimum Gasteiger partial charge on any atom is -0.481 e. The highest BCUT2D eigenvalue weighted by atomic mass is 35.5. The van der Waals surface area contributed by atoms with Crippen molar-refractivity contribution in [2.24, 2.45) is 11.7 Å². The average Bonchev–Trinajstić information content (AvgIpc) is 3.89. The number of carboxylic acids is 1. The first-order chi connectivity index (χ1) is 23.0. The van der Waals surface area contributed by atoms with Crippen molar-refractivity contribution in [2.75, 3.05) is 5.75 Å². The number of thioether (sulfide) groups is 1. The minimum atomic E-state index is -0.833. The highest BCUT2D eigenvalue weighted by Crippen LogP contribution is 2.41. The third-order valence-electron chi connectivity index (χ3n) is 8.64. The quantitative estimate of drug-likeness (QED) is 0.154. The van der Waals surface area contributed by atoms with E-state index in [2.05, 4.69) is 72.4 Å². The SMILES string of the molecule is CC(=O)O.CC(C)(O)c1ccccc1CC[C@@H](SCC1CC1)c1cccc(C=Cc2ccc3ccc(Cl)cc3n2)c1.NC1CCCCC1. The molecule has 0 unspecified atom stereocenters. The van der Waals surface area contributed by atoms with E-state index in [1.54, 1.807) is 0 Å². The van der Waals surface area contributed by atoms with Crippen molar-refractivity contribution in [3.8, 4) is 0 Å². The molecule has 0 saturated heterocycles. The van der Waals surface area contributed by atoms with Crippen molar-refractivity contribution in [3.63, 3.8) is 0 Å². The molecule has 2 fully saturated rings. The van der Waals surface area contributed by atoms with Gasteiger partial charge in [0.05, 0.1) is 16.8 Å². The third kappa shape index (κ3) is 13.0. The summed E-state index contributed by atoms with van der Waals surface area (Å²) in [4.78, 5) is 13.8. The first-order valence-corrected chi connectivity index (χ1v) is 18.6. The Hall–Kier alpha value is -3.16. The molecular formula is C41H51ClN2O3S. The molecule has 6 rings (SSSR count). The van der Waals surface area contributed by atoms with Crippen LogP contribution in [0.5, 0.6) is 0 Å². The Morgan fingerprint density at radius 2 is 1.69 bits per heavy atom. The summed E-state index contributed by atoms with van der Waals surface area (Å²) in [5.41, 5.74) is 11.4. The Bertz CT molecular complexity index is 1640. The van der Waals surface area contributed by atoms with Crippen molar-refractivity contribution in [3.05, 3.63) is 112 Å². The number of benzene rings is 3. The predicted molar refractivity (Wildman–Crippen MR) is 204 cm³/mol. The van der Waals surface area contributed by atoms with Crippen molar-refractivity contribution in [1.29, 1.82) is 0 Å². The standard InChI is InChI=1S/C33H34ClNOS.C6H13N.C2H4O2/c1-33(2,36)30-9-4-3-7-25(30)15-19-32(37-22-24-10-11-24)27-8-5-6-23(20-27)12-17-29-18-14-26-13-16-28(34)21-31(26)35-29;7-6-4-2-1-3-5-6;1-2(3)4/h3-9,12-14,16-18,20-21,24,32,36H,10-11,15,19,22H2,1-2H3;6H,1-5,7H2;1H3,(H,3,4)/t32-;;/m1../s1. The van der Waals surface area contributed by atoms with Gasteiger partial charge in [0.15, 0.2) is 0 Å². The molecule has 4 N–H and O–H groups in total. The van der Waals surface area contributed by atoms with E-state index in [9.17, 15) is 5.11 Å². The molecule has 2 aliphatic carbocycles. The summed E-state index contributed by atoms with van der Waals surface area (Å²) in [5, 5.41) is 20.3. The van der Waals surface area contributed by atoms with Crippen LogP contribution in [-0.2, 0) is 16.8 Å². The molecule has 0 aliphatic heterocycles. The summed E-state index contributed by atoms with van der Waals surface area (Å²) in [5.74, 6) is 1.27. The summed E-state index contributed by atoms with van der Waals surface area (Å²) in [7, 11) is 0. The minimum absolute atomic E-state index is 0.421. The summed E-state index contributed by atoms with van der Waals surface area (Å²) in [6.07, 6.45) is 15.6. The van der Waals surface area contributed by atoms with Crippen LogP contribution >= 0.6 is 23.4 Å². The molecule has 1 heterocycles. The number of carbonyl (C=O) groups is 1. The molecule has 0 bridgehead atoms. The average molecular weight is 687 g/mol. The highest BCUT2D eigenvalue weighted by Gasteiger charge is 2.25. The largest absolute Gasteiger partial charge is 0.481 e. The summed E-state index contributed by atoms with van der Waals surface area (Å²) in [6, 6.07) is 27.7. The fraction of sp³-hybridized carbons (Fsp3) is 0.415. The number of rotatable bonds is 10. The molecule has 0 spiro atoms. The van der Waals surface area contributed by atoms with Crippen molar-refractivity contribution in [2.45, 2.75) is 95.5 Å². The molecule has 256 valence electrons. The summed E-state index contributed by atoms with van der Waals surface area (Å²) in [6.45, 7) is 4.83. The Labute approximate surface area is 296 Å². The number of aliphatic carboxylic acids is 1. The zero-order chi connectivity index (χ0) is 34.5. The van der Waals surface area contributed by atoms with Crippen LogP contribution in [0.4, 0.5) is 0 Å². The van der Waals surface area contributed by atoms with E-state index >= 15 is 0 Å².